The van der Waals surface area contributed by atoms with Gasteiger partial charge in [0.15, 0.2) is 0 Å². The van der Waals surface area contributed by atoms with Crippen LogP contribution in [0.15, 0.2) is 36.5 Å². The zero-order chi connectivity index (χ0) is 15.1. The van der Waals surface area contributed by atoms with E-state index in [1.807, 2.05) is 37.3 Å². The molecule has 0 fully saturated rings. The van der Waals surface area contributed by atoms with Crippen LogP contribution in [0.3, 0.4) is 0 Å². The van der Waals surface area contributed by atoms with E-state index in [9.17, 15) is 0 Å². The van der Waals surface area contributed by atoms with Crippen molar-refractivity contribution in [3.05, 3.63) is 42.2 Å². The van der Waals surface area contributed by atoms with E-state index in [0.29, 0.717) is 0 Å². The number of para-hydroxylation sites is 1. The van der Waals surface area contributed by atoms with E-state index in [1.54, 1.807) is 7.11 Å². The Morgan fingerprint density at radius 1 is 1.24 bits per heavy atom. The molecule has 0 amide bonds. The second-order valence-electron chi connectivity index (χ2n) is 5.19. The molecule has 0 aliphatic rings. The normalized spacial score (nSPS) is 11.0. The highest BCUT2D eigenvalue weighted by Gasteiger charge is 2.07. The fourth-order valence-corrected chi connectivity index (χ4v) is 2.10. The number of benzene rings is 1. The third-order valence-electron chi connectivity index (χ3n) is 3.33. The average Bonchev–Trinajstić information content (AvgIpc) is 2.83. The molecule has 5 nitrogen and oxygen atoms in total. The summed E-state index contributed by atoms with van der Waals surface area (Å²) in [6, 6.07) is 10.1. The van der Waals surface area contributed by atoms with Crippen LogP contribution in [0.4, 0.5) is 11.6 Å². The molecule has 1 aromatic heterocycles. The van der Waals surface area contributed by atoms with E-state index in [0.717, 1.165) is 43.6 Å². The fourth-order valence-electron chi connectivity index (χ4n) is 2.10. The van der Waals surface area contributed by atoms with Gasteiger partial charge in [-0.1, -0.05) is 18.2 Å². The van der Waals surface area contributed by atoms with E-state index in [-0.39, 0.29) is 0 Å². The lowest BCUT2D eigenvalue weighted by molar-refractivity contribution is 0.159. The number of methoxy groups -OCH3 is 1. The van der Waals surface area contributed by atoms with E-state index in [2.05, 4.69) is 33.0 Å². The number of aromatic nitrogens is 2. The molecule has 0 saturated carbocycles. The molecule has 5 heteroatoms. The first-order chi connectivity index (χ1) is 10.2. The summed E-state index contributed by atoms with van der Waals surface area (Å²) in [6.45, 7) is 5.57. The predicted molar refractivity (Wildman–Crippen MR) is 86.1 cm³/mol. The number of hydrogen-bond donors (Lipinski definition) is 1. The molecule has 0 radical (unpaired) electrons. The summed E-state index contributed by atoms with van der Waals surface area (Å²) in [6.07, 6.45) is 2.08. The molecule has 1 heterocycles. The zero-order valence-electron chi connectivity index (χ0n) is 13.0. The van der Waals surface area contributed by atoms with Crippen LogP contribution in [0.2, 0.25) is 0 Å². The molecule has 0 saturated heterocycles. The van der Waals surface area contributed by atoms with Gasteiger partial charge in [0.05, 0.1) is 12.3 Å². The topological polar surface area (TPSA) is 42.3 Å². The average molecular weight is 288 g/mol. The minimum absolute atomic E-state index is 0.759. The number of ether oxygens (including phenoxy) is 1. The molecule has 0 unspecified atom stereocenters. The number of likely N-dealkylation sites (N-methyl/N-ethyl adjacent to an activating group) is 1. The van der Waals surface area contributed by atoms with E-state index in [1.165, 1.54) is 0 Å². The van der Waals surface area contributed by atoms with Crippen LogP contribution in [-0.2, 0) is 11.3 Å². The molecule has 0 aliphatic heterocycles. The Balaban J connectivity index is 1.97. The Bertz CT molecular complexity index is 538. The van der Waals surface area contributed by atoms with Gasteiger partial charge in [-0.15, -0.1) is 0 Å². The third kappa shape index (κ3) is 4.88. The summed E-state index contributed by atoms with van der Waals surface area (Å²) in [5.74, 6) is 0.888. The number of rotatable bonds is 8. The van der Waals surface area contributed by atoms with Crippen LogP contribution in [0, 0.1) is 6.92 Å². The lowest BCUT2D eigenvalue weighted by Gasteiger charge is -2.17. The number of nitrogens with zero attached hydrogens (tertiary/aromatic N) is 3. The van der Waals surface area contributed by atoms with Gasteiger partial charge >= 0.3 is 0 Å². The van der Waals surface area contributed by atoms with Crippen molar-refractivity contribution in [1.82, 2.24) is 14.5 Å². The van der Waals surface area contributed by atoms with Crippen molar-refractivity contribution in [3.63, 3.8) is 0 Å². The van der Waals surface area contributed by atoms with E-state index in [4.69, 9.17) is 4.74 Å². The predicted octanol–water partition coefficient (Wildman–Crippen LogP) is 2.51. The van der Waals surface area contributed by atoms with Crippen LogP contribution in [-0.4, -0.2) is 48.3 Å². The first-order valence-corrected chi connectivity index (χ1v) is 7.22. The van der Waals surface area contributed by atoms with Crippen molar-refractivity contribution in [3.8, 4) is 0 Å². The lowest BCUT2D eigenvalue weighted by atomic mass is 10.3. The highest BCUT2D eigenvalue weighted by Crippen LogP contribution is 2.15. The van der Waals surface area contributed by atoms with Crippen LogP contribution < -0.4 is 5.32 Å². The van der Waals surface area contributed by atoms with E-state index < -0.39 is 0 Å². The van der Waals surface area contributed by atoms with Gasteiger partial charge < -0.3 is 19.5 Å². The maximum atomic E-state index is 5.10. The quantitative estimate of drug-likeness (QED) is 0.810. The summed E-state index contributed by atoms with van der Waals surface area (Å²) < 4.78 is 7.26. The smallest absolute Gasteiger partial charge is 0.207 e. The molecular formula is C16H24N4O. The second kappa shape index (κ2) is 7.81. The molecule has 0 aliphatic carbocycles. The molecule has 2 aromatic rings. The van der Waals surface area contributed by atoms with Gasteiger partial charge in [-0.05, 0) is 26.1 Å². The first-order valence-electron chi connectivity index (χ1n) is 7.22. The van der Waals surface area contributed by atoms with Crippen molar-refractivity contribution in [1.29, 1.82) is 0 Å². The van der Waals surface area contributed by atoms with Crippen LogP contribution >= 0.6 is 0 Å². The first kappa shape index (κ1) is 15.5. The molecule has 114 valence electrons. The fraction of sp³-hybridized carbons (Fsp3) is 0.438. The Hall–Kier alpha value is -1.85. The van der Waals surface area contributed by atoms with Crippen LogP contribution in [0.1, 0.15) is 5.69 Å². The van der Waals surface area contributed by atoms with Crippen molar-refractivity contribution in [2.75, 3.05) is 39.2 Å². The molecular weight excluding hydrogens is 264 g/mol. The molecule has 0 atom stereocenters. The number of aryl methyl sites for hydroxylation is 1. The lowest BCUT2D eigenvalue weighted by Crippen LogP contribution is -2.26. The van der Waals surface area contributed by atoms with Gasteiger partial charge in [-0.3, -0.25) is 0 Å². The highest BCUT2D eigenvalue weighted by atomic mass is 16.5. The summed E-state index contributed by atoms with van der Waals surface area (Å²) in [7, 11) is 3.84. The Kier molecular flexibility index (Phi) is 5.78. The molecule has 0 spiro atoms. The standard InChI is InChI=1S/C16H24N4O/c1-14-13-20(10-9-19(2)11-12-21-3)16(17-14)18-15-7-5-4-6-8-15/h4-8,13H,9-12H2,1-3H3,(H,17,18). The second-order valence-corrected chi connectivity index (χ2v) is 5.19. The van der Waals surface area contributed by atoms with Gasteiger partial charge in [0.2, 0.25) is 5.95 Å². The van der Waals surface area contributed by atoms with Gasteiger partial charge in [-0.2, -0.15) is 0 Å². The van der Waals surface area contributed by atoms with Gasteiger partial charge in [0.25, 0.3) is 0 Å². The molecule has 1 aromatic carbocycles. The zero-order valence-corrected chi connectivity index (χ0v) is 13.0. The van der Waals surface area contributed by atoms with Gasteiger partial charge in [-0.25, -0.2) is 4.98 Å². The van der Waals surface area contributed by atoms with Crippen molar-refractivity contribution < 1.29 is 4.74 Å². The van der Waals surface area contributed by atoms with Crippen molar-refractivity contribution >= 4 is 11.6 Å². The monoisotopic (exact) mass is 288 g/mol. The van der Waals surface area contributed by atoms with Crippen LogP contribution in [0.25, 0.3) is 0 Å². The minimum atomic E-state index is 0.759. The van der Waals surface area contributed by atoms with Gasteiger partial charge in [0.1, 0.15) is 0 Å². The molecule has 2 rings (SSSR count). The number of hydrogen-bond acceptors (Lipinski definition) is 4. The van der Waals surface area contributed by atoms with Crippen molar-refractivity contribution in [2.24, 2.45) is 0 Å². The summed E-state index contributed by atoms with van der Waals surface area (Å²) >= 11 is 0. The minimum Gasteiger partial charge on any atom is -0.383 e. The molecule has 0 bridgehead atoms. The van der Waals surface area contributed by atoms with Crippen molar-refractivity contribution in [2.45, 2.75) is 13.5 Å². The number of anilines is 2. The Morgan fingerprint density at radius 3 is 2.71 bits per heavy atom. The third-order valence-corrected chi connectivity index (χ3v) is 3.33. The maximum absolute atomic E-state index is 5.10. The molecule has 21 heavy (non-hydrogen) atoms. The summed E-state index contributed by atoms with van der Waals surface area (Å²) in [4.78, 5) is 6.81. The maximum Gasteiger partial charge on any atom is 0.207 e. The SMILES string of the molecule is COCCN(C)CCn1cc(C)nc1Nc1ccccc1. The Labute approximate surface area is 126 Å². The number of nitrogens with one attached hydrogen (secondary N) is 1. The largest absolute Gasteiger partial charge is 0.383 e. The van der Waals surface area contributed by atoms with E-state index >= 15 is 0 Å². The highest BCUT2D eigenvalue weighted by molar-refractivity contribution is 5.53. The number of imidazole rings is 1. The summed E-state index contributed by atoms with van der Waals surface area (Å²) in [5.41, 5.74) is 2.07. The molecule has 1 N–H and O–H groups in total. The Morgan fingerprint density at radius 2 is 2.00 bits per heavy atom. The van der Waals surface area contributed by atoms with Gasteiger partial charge in [0, 0.05) is 38.6 Å². The summed E-state index contributed by atoms with van der Waals surface area (Å²) in [5, 5.41) is 3.37. The van der Waals surface area contributed by atoms with Crippen LogP contribution in [0.5, 0.6) is 0 Å².